The van der Waals surface area contributed by atoms with E-state index in [9.17, 15) is 4.79 Å². The molecule has 23 heavy (non-hydrogen) atoms. The molecule has 1 aliphatic rings. The molecule has 0 saturated carbocycles. The second kappa shape index (κ2) is 6.72. The number of hydrogen-bond donors (Lipinski definition) is 1. The van der Waals surface area contributed by atoms with Crippen molar-refractivity contribution < 1.29 is 0 Å². The van der Waals surface area contributed by atoms with Crippen molar-refractivity contribution in [3.8, 4) is 0 Å². The van der Waals surface area contributed by atoms with Crippen LogP contribution >= 0.6 is 11.6 Å². The summed E-state index contributed by atoms with van der Waals surface area (Å²) >= 11 is 6.02. The molecule has 2 heterocycles. The molecule has 1 fully saturated rings. The molecule has 3 rings (SSSR count). The number of aromatic amines is 1. The molecule has 122 valence electrons. The second-order valence-corrected chi connectivity index (χ2v) is 6.49. The molecule has 1 aromatic heterocycles. The fraction of sp³-hybridized carbons (Fsp3) is 0.412. The van der Waals surface area contributed by atoms with Gasteiger partial charge >= 0.3 is 0 Å². The summed E-state index contributed by atoms with van der Waals surface area (Å²) in [6.45, 7) is 5.62. The number of aromatic nitrogens is 2. The van der Waals surface area contributed by atoms with Crippen LogP contribution in [0, 0.1) is 6.92 Å². The fourth-order valence-electron chi connectivity index (χ4n) is 2.82. The normalized spacial score (nSPS) is 15.9. The van der Waals surface area contributed by atoms with Crippen molar-refractivity contribution in [3.63, 3.8) is 0 Å². The molecular weight excluding hydrogens is 312 g/mol. The van der Waals surface area contributed by atoms with Crippen LogP contribution in [-0.4, -0.2) is 48.1 Å². The maximum Gasteiger partial charge on any atom is 0.256 e. The number of anilines is 1. The van der Waals surface area contributed by atoms with Gasteiger partial charge in [0.25, 0.3) is 5.56 Å². The lowest BCUT2D eigenvalue weighted by Gasteiger charge is -2.32. The molecule has 0 bridgehead atoms. The lowest BCUT2D eigenvalue weighted by atomic mass is 10.1. The second-order valence-electron chi connectivity index (χ2n) is 6.05. The summed E-state index contributed by atoms with van der Waals surface area (Å²) in [6.07, 6.45) is 0.539. The van der Waals surface area contributed by atoms with Gasteiger partial charge in [0.05, 0.1) is 5.69 Å². The minimum atomic E-state index is -0.0635. The van der Waals surface area contributed by atoms with Gasteiger partial charge in [0.1, 0.15) is 0 Å². The highest BCUT2D eigenvalue weighted by Crippen LogP contribution is 2.16. The van der Waals surface area contributed by atoms with Crippen LogP contribution in [0.2, 0.25) is 5.02 Å². The van der Waals surface area contributed by atoms with Gasteiger partial charge < -0.3 is 9.80 Å². The molecule has 1 N–H and O–H groups in total. The minimum Gasteiger partial charge on any atom is -0.340 e. The maximum absolute atomic E-state index is 12.5. The Balaban J connectivity index is 1.84. The lowest BCUT2D eigenvalue weighted by molar-refractivity contribution is 0.311. The summed E-state index contributed by atoms with van der Waals surface area (Å²) < 4.78 is 0. The van der Waals surface area contributed by atoms with Crippen LogP contribution in [-0.2, 0) is 6.42 Å². The zero-order chi connectivity index (χ0) is 16.4. The third-order valence-electron chi connectivity index (χ3n) is 4.28. The van der Waals surface area contributed by atoms with Gasteiger partial charge in [0.15, 0.2) is 0 Å². The number of nitrogens with zero attached hydrogens (tertiary/aromatic N) is 3. The third kappa shape index (κ3) is 3.74. The van der Waals surface area contributed by atoms with Gasteiger partial charge in [0.2, 0.25) is 5.95 Å². The molecule has 6 heteroatoms. The zero-order valence-electron chi connectivity index (χ0n) is 13.5. The molecule has 0 amide bonds. The Morgan fingerprint density at radius 3 is 2.65 bits per heavy atom. The number of hydrogen-bond acceptors (Lipinski definition) is 4. The zero-order valence-corrected chi connectivity index (χ0v) is 14.2. The molecule has 0 aliphatic carbocycles. The van der Waals surface area contributed by atoms with Gasteiger partial charge in [-0.3, -0.25) is 9.78 Å². The number of likely N-dealkylation sites (N-methyl/N-ethyl adjacent to an activating group) is 1. The Kier molecular flexibility index (Phi) is 4.68. The minimum absolute atomic E-state index is 0.0635. The van der Waals surface area contributed by atoms with Gasteiger partial charge in [0, 0.05) is 43.2 Å². The first kappa shape index (κ1) is 16.0. The van der Waals surface area contributed by atoms with E-state index >= 15 is 0 Å². The lowest BCUT2D eigenvalue weighted by Crippen LogP contribution is -2.45. The molecule has 0 radical (unpaired) electrons. The first-order valence-electron chi connectivity index (χ1n) is 7.80. The quantitative estimate of drug-likeness (QED) is 0.935. The third-order valence-corrected chi connectivity index (χ3v) is 4.52. The summed E-state index contributed by atoms with van der Waals surface area (Å²) in [6, 6.07) is 7.58. The van der Waals surface area contributed by atoms with E-state index in [2.05, 4.69) is 26.8 Å². The van der Waals surface area contributed by atoms with E-state index in [0.29, 0.717) is 23.0 Å². The van der Waals surface area contributed by atoms with E-state index in [1.54, 1.807) is 0 Å². The largest absolute Gasteiger partial charge is 0.340 e. The van der Waals surface area contributed by atoms with Gasteiger partial charge in [-0.05, 0) is 31.7 Å². The maximum atomic E-state index is 12.5. The number of halogens is 1. The highest BCUT2D eigenvalue weighted by molar-refractivity contribution is 6.30. The van der Waals surface area contributed by atoms with Crippen LogP contribution in [0.3, 0.4) is 0 Å². The van der Waals surface area contributed by atoms with Crippen molar-refractivity contribution >= 4 is 17.5 Å². The molecule has 0 spiro atoms. The summed E-state index contributed by atoms with van der Waals surface area (Å²) in [5, 5.41) is 0.679. The number of rotatable bonds is 3. The monoisotopic (exact) mass is 332 g/mol. The number of H-pyrrole nitrogens is 1. The molecule has 1 aliphatic heterocycles. The van der Waals surface area contributed by atoms with Crippen molar-refractivity contribution in [1.29, 1.82) is 0 Å². The Labute approximate surface area is 140 Å². The molecule has 0 unspecified atom stereocenters. The predicted molar refractivity (Wildman–Crippen MR) is 93.6 cm³/mol. The van der Waals surface area contributed by atoms with Crippen molar-refractivity contribution in [2.24, 2.45) is 0 Å². The van der Waals surface area contributed by atoms with Crippen LogP contribution in [0.5, 0.6) is 0 Å². The molecular formula is C17H21ClN4O. The van der Waals surface area contributed by atoms with Gasteiger partial charge in [-0.25, -0.2) is 4.98 Å². The van der Waals surface area contributed by atoms with Crippen LogP contribution in [0.25, 0.3) is 0 Å². The average Bonchev–Trinajstić information content (AvgIpc) is 2.51. The van der Waals surface area contributed by atoms with E-state index in [1.165, 1.54) is 0 Å². The van der Waals surface area contributed by atoms with Crippen LogP contribution in [0.1, 0.15) is 16.8 Å². The topological polar surface area (TPSA) is 52.2 Å². The predicted octanol–water partition coefficient (Wildman–Crippen LogP) is 2.07. The van der Waals surface area contributed by atoms with Crippen molar-refractivity contribution in [1.82, 2.24) is 14.9 Å². The summed E-state index contributed by atoms with van der Waals surface area (Å²) in [5.74, 6) is 0.676. The molecule has 1 saturated heterocycles. The smallest absolute Gasteiger partial charge is 0.256 e. The number of benzene rings is 1. The van der Waals surface area contributed by atoms with Gasteiger partial charge in [-0.15, -0.1) is 0 Å². The molecule has 1 aromatic carbocycles. The number of aryl methyl sites for hydroxylation is 1. The van der Waals surface area contributed by atoms with Crippen LogP contribution in [0.4, 0.5) is 5.95 Å². The molecule has 2 aromatic rings. The number of piperazine rings is 1. The number of nitrogens with one attached hydrogen (secondary N) is 1. The van der Waals surface area contributed by atoms with Crippen molar-refractivity contribution in [2.75, 3.05) is 38.1 Å². The molecule has 5 nitrogen and oxygen atoms in total. The van der Waals surface area contributed by atoms with Crippen molar-refractivity contribution in [2.45, 2.75) is 13.3 Å². The Morgan fingerprint density at radius 1 is 1.26 bits per heavy atom. The summed E-state index contributed by atoms with van der Waals surface area (Å²) in [5.41, 5.74) is 2.43. The Hall–Kier alpha value is -1.85. The van der Waals surface area contributed by atoms with Crippen LogP contribution in [0.15, 0.2) is 29.1 Å². The van der Waals surface area contributed by atoms with Gasteiger partial charge in [-0.2, -0.15) is 0 Å². The van der Waals surface area contributed by atoms with E-state index in [-0.39, 0.29) is 5.56 Å². The highest BCUT2D eigenvalue weighted by Gasteiger charge is 2.18. The Morgan fingerprint density at radius 2 is 2.00 bits per heavy atom. The summed E-state index contributed by atoms with van der Waals surface area (Å²) in [4.78, 5) is 24.5. The summed E-state index contributed by atoms with van der Waals surface area (Å²) in [7, 11) is 2.10. The van der Waals surface area contributed by atoms with Crippen LogP contribution < -0.4 is 10.5 Å². The SMILES string of the molecule is Cc1nc(N2CCN(C)CC2)[nH]c(=O)c1Cc1cccc(Cl)c1. The standard InChI is InChI=1S/C17H21ClN4O/c1-12-15(11-13-4-3-5-14(18)10-13)16(23)20-17(19-12)22-8-6-21(2)7-9-22/h3-5,10H,6-9,11H2,1-2H3,(H,19,20,23). The van der Waals surface area contributed by atoms with E-state index in [4.69, 9.17) is 11.6 Å². The fourth-order valence-corrected chi connectivity index (χ4v) is 3.04. The first-order valence-corrected chi connectivity index (χ1v) is 8.18. The average molecular weight is 333 g/mol. The highest BCUT2D eigenvalue weighted by atomic mass is 35.5. The van der Waals surface area contributed by atoms with E-state index in [0.717, 1.165) is 37.4 Å². The van der Waals surface area contributed by atoms with E-state index < -0.39 is 0 Å². The van der Waals surface area contributed by atoms with Crippen molar-refractivity contribution in [3.05, 3.63) is 56.5 Å². The molecule has 0 atom stereocenters. The van der Waals surface area contributed by atoms with E-state index in [1.807, 2.05) is 31.2 Å². The van der Waals surface area contributed by atoms with Gasteiger partial charge in [-0.1, -0.05) is 23.7 Å². The Bertz CT molecular complexity index is 750. The first-order chi connectivity index (χ1) is 11.0.